The van der Waals surface area contributed by atoms with E-state index in [0.29, 0.717) is 6.04 Å². The second kappa shape index (κ2) is 3.92. The van der Waals surface area contributed by atoms with Crippen LogP contribution in [0, 0.1) is 5.92 Å². The van der Waals surface area contributed by atoms with Crippen LogP contribution in [-0.2, 0) is 11.3 Å². The normalized spacial score (nSPS) is 17.4. The Balaban J connectivity index is 1.91. The minimum absolute atomic E-state index is 0.138. The van der Waals surface area contributed by atoms with Crippen LogP contribution in [0.4, 0.5) is 5.82 Å². The summed E-state index contributed by atoms with van der Waals surface area (Å²) < 4.78 is 1.55. The number of nitrogens with zero attached hydrogens (tertiary/aromatic N) is 2. The molecule has 1 amide bonds. The summed E-state index contributed by atoms with van der Waals surface area (Å²) in [6.07, 6.45) is 4.36. The van der Waals surface area contributed by atoms with E-state index in [2.05, 4.69) is 17.3 Å². The first-order valence-electron chi connectivity index (χ1n) is 5.23. The Morgan fingerprint density at radius 2 is 2.53 bits per heavy atom. The fraction of sp³-hybridized carbons (Fsp3) is 0.600. The van der Waals surface area contributed by atoms with Crippen LogP contribution in [0.25, 0.3) is 0 Å². The van der Waals surface area contributed by atoms with E-state index in [1.807, 2.05) is 6.07 Å². The fourth-order valence-electron chi connectivity index (χ4n) is 1.63. The summed E-state index contributed by atoms with van der Waals surface area (Å²) in [6.45, 7) is 2.30. The van der Waals surface area contributed by atoms with Gasteiger partial charge in [-0.2, -0.15) is 5.10 Å². The molecule has 0 saturated heterocycles. The first kappa shape index (κ1) is 10.0. The van der Waals surface area contributed by atoms with Gasteiger partial charge in [-0.15, -0.1) is 0 Å². The van der Waals surface area contributed by atoms with Crippen molar-refractivity contribution in [3.05, 3.63) is 12.3 Å². The molecule has 0 bridgehead atoms. The highest BCUT2D eigenvalue weighted by molar-refractivity contribution is 5.73. The highest BCUT2D eigenvalue weighted by Gasteiger charge is 2.28. The van der Waals surface area contributed by atoms with Gasteiger partial charge in [0.25, 0.3) is 0 Å². The third-order valence-corrected chi connectivity index (χ3v) is 2.66. The van der Waals surface area contributed by atoms with Crippen molar-refractivity contribution in [1.29, 1.82) is 0 Å². The number of aromatic nitrogens is 2. The maximum atomic E-state index is 10.7. The van der Waals surface area contributed by atoms with E-state index in [4.69, 9.17) is 5.73 Å². The number of rotatable bonds is 5. The maximum Gasteiger partial charge on any atom is 0.239 e. The smallest absolute Gasteiger partial charge is 0.239 e. The van der Waals surface area contributed by atoms with Gasteiger partial charge in [-0.05, 0) is 25.7 Å². The summed E-state index contributed by atoms with van der Waals surface area (Å²) in [6, 6.07) is 2.32. The Morgan fingerprint density at radius 1 is 1.80 bits per heavy atom. The average molecular weight is 208 g/mol. The lowest BCUT2D eigenvalue weighted by atomic mass is 10.2. The zero-order chi connectivity index (χ0) is 10.8. The van der Waals surface area contributed by atoms with Gasteiger partial charge in [0.2, 0.25) is 5.91 Å². The Hall–Kier alpha value is -1.52. The van der Waals surface area contributed by atoms with Crippen molar-refractivity contribution < 1.29 is 4.79 Å². The van der Waals surface area contributed by atoms with Crippen LogP contribution in [0.15, 0.2) is 12.3 Å². The third kappa shape index (κ3) is 2.71. The third-order valence-electron chi connectivity index (χ3n) is 2.66. The molecule has 0 radical (unpaired) electrons. The highest BCUT2D eigenvalue weighted by Crippen LogP contribution is 2.33. The van der Waals surface area contributed by atoms with Gasteiger partial charge in [0, 0.05) is 18.3 Å². The Bertz CT molecular complexity index is 356. The summed E-state index contributed by atoms with van der Waals surface area (Å²) in [5.41, 5.74) is 5.07. The summed E-state index contributed by atoms with van der Waals surface area (Å²) in [4.78, 5) is 10.7. The number of carbonyl (C=O) groups is 1. The van der Waals surface area contributed by atoms with E-state index in [1.54, 1.807) is 10.9 Å². The van der Waals surface area contributed by atoms with Crippen LogP contribution in [-0.4, -0.2) is 21.7 Å². The molecule has 1 atom stereocenters. The molecule has 1 aromatic rings. The van der Waals surface area contributed by atoms with Crippen molar-refractivity contribution in [3.8, 4) is 0 Å². The standard InChI is InChI=1S/C10H16N4O/c1-7(8-2-3-8)12-10-4-5-14(13-10)6-9(11)15/h4-5,7-8H,2-3,6H2,1H3,(H2,11,15)(H,12,13). The van der Waals surface area contributed by atoms with Crippen LogP contribution in [0.5, 0.6) is 0 Å². The van der Waals surface area contributed by atoms with Crippen molar-refractivity contribution in [3.63, 3.8) is 0 Å². The second-order valence-corrected chi connectivity index (χ2v) is 4.14. The van der Waals surface area contributed by atoms with Crippen LogP contribution < -0.4 is 11.1 Å². The lowest BCUT2D eigenvalue weighted by molar-refractivity contribution is -0.118. The molecule has 0 aromatic carbocycles. The maximum absolute atomic E-state index is 10.7. The molecule has 1 heterocycles. The monoisotopic (exact) mass is 208 g/mol. The molecule has 1 aliphatic carbocycles. The molecular formula is C10H16N4O. The van der Waals surface area contributed by atoms with Crippen molar-refractivity contribution in [1.82, 2.24) is 9.78 Å². The molecule has 82 valence electrons. The van der Waals surface area contributed by atoms with Gasteiger partial charge in [-0.25, -0.2) is 0 Å². The number of nitrogens with two attached hydrogens (primary N) is 1. The number of anilines is 1. The first-order valence-corrected chi connectivity index (χ1v) is 5.23. The molecule has 3 N–H and O–H groups in total. The number of nitrogens with one attached hydrogen (secondary N) is 1. The molecule has 15 heavy (non-hydrogen) atoms. The predicted molar refractivity (Wildman–Crippen MR) is 57.2 cm³/mol. The minimum atomic E-state index is -0.375. The van der Waals surface area contributed by atoms with Crippen molar-refractivity contribution in [2.24, 2.45) is 11.7 Å². The van der Waals surface area contributed by atoms with E-state index in [0.717, 1.165) is 11.7 Å². The van der Waals surface area contributed by atoms with E-state index in [-0.39, 0.29) is 12.5 Å². The molecule has 1 saturated carbocycles. The Morgan fingerprint density at radius 3 is 3.13 bits per heavy atom. The van der Waals surface area contributed by atoms with Crippen LogP contribution in [0.2, 0.25) is 0 Å². The predicted octanol–water partition coefficient (Wildman–Crippen LogP) is 0.579. The molecular weight excluding hydrogens is 192 g/mol. The molecule has 0 spiro atoms. The molecule has 1 aliphatic rings. The average Bonchev–Trinajstić information content (AvgIpc) is 2.90. The van der Waals surface area contributed by atoms with Gasteiger partial charge < -0.3 is 11.1 Å². The molecule has 1 unspecified atom stereocenters. The number of hydrogen-bond acceptors (Lipinski definition) is 3. The molecule has 0 aliphatic heterocycles. The second-order valence-electron chi connectivity index (χ2n) is 4.14. The zero-order valence-electron chi connectivity index (χ0n) is 8.81. The fourth-order valence-corrected chi connectivity index (χ4v) is 1.63. The lowest BCUT2D eigenvalue weighted by Crippen LogP contribution is -2.20. The Labute approximate surface area is 88.6 Å². The number of carbonyl (C=O) groups excluding carboxylic acids is 1. The van der Waals surface area contributed by atoms with Gasteiger partial charge >= 0.3 is 0 Å². The zero-order valence-corrected chi connectivity index (χ0v) is 8.81. The summed E-state index contributed by atoms with van der Waals surface area (Å²) in [5.74, 6) is 1.22. The number of amides is 1. The van der Waals surface area contributed by atoms with Crippen molar-refractivity contribution in [2.45, 2.75) is 32.4 Å². The van der Waals surface area contributed by atoms with Gasteiger partial charge in [0.05, 0.1) is 0 Å². The van der Waals surface area contributed by atoms with Gasteiger partial charge in [0.15, 0.2) is 0 Å². The largest absolute Gasteiger partial charge is 0.368 e. The van der Waals surface area contributed by atoms with E-state index in [9.17, 15) is 4.79 Å². The topological polar surface area (TPSA) is 72.9 Å². The SMILES string of the molecule is CC(Nc1ccn(CC(N)=O)n1)C1CC1. The van der Waals surface area contributed by atoms with E-state index < -0.39 is 0 Å². The van der Waals surface area contributed by atoms with E-state index in [1.165, 1.54) is 12.8 Å². The molecule has 5 heteroatoms. The first-order chi connectivity index (χ1) is 7.15. The summed E-state index contributed by atoms with van der Waals surface area (Å²) in [5, 5.41) is 7.52. The summed E-state index contributed by atoms with van der Waals surface area (Å²) in [7, 11) is 0. The van der Waals surface area contributed by atoms with E-state index >= 15 is 0 Å². The molecule has 5 nitrogen and oxygen atoms in total. The number of primary amides is 1. The molecule has 2 rings (SSSR count). The van der Waals surface area contributed by atoms with Crippen LogP contribution in [0.3, 0.4) is 0 Å². The van der Waals surface area contributed by atoms with Crippen LogP contribution >= 0.6 is 0 Å². The Kier molecular flexibility index (Phi) is 2.62. The van der Waals surface area contributed by atoms with Gasteiger partial charge in [-0.3, -0.25) is 9.48 Å². The molecule has 1 fully saturated rings. The minimum Gasteiger partial charge on any atom is -0.368 e. The summed E-state index contributed by atoms with van der Waals surface area (Å²) >= 11 is 0. The van der Waals surface area contributed by atoms with Gasteiger partial charge in [0.1, 0.15) is 12.4 Å². The van der Waals surface area contributed by atoms with Crippen molar-refractivity contribution in [2.75, 3.05) is 5.32 Å². The van der Waals surface area contributed by atoms with Crippen LogP contribution in [0.1, 0.15) is 19.8 Å². The van der Waals surface area contributed by atoms with Crippen molar-refractivity contribution >= 4 is 11.7 Å². The molecule has 1 aromatic heterocycles. The quantitative estimate of drug-likeness (QED) is 0.743. The lowest BCUT2D eigenvalue weighted by Gasteiger charge is -2.10. The number of hydrogen-bond donors (Lipinski definition) is 2. The highest BCUT2D eigenvalue weighted by atomic mass is 16.1. The van der Waals surface area contributed by atoms with Gasteiger partial charge in [-0.1, -0.05) is 0 Å².